The van der Waals surface area contributed by atoms with Crippen LogP contribution in [0.5, 0.6) is 17.2 Å². The van der Waals surface area contributed by atoms with Gasteiger partial charge in [0, 0.05) is 25.8 Å². The Labute approximate surface area is 238 Å². The molecule has 0 spiro atoms. The summed E-state index contributed by atoms with van der Waals surface area (Å²) in [5.41, 5.74) is -0.159. The Bertz CT molecular complexity index is 1180. The van der Waals surface area contributed by atoms with Crippen molar-refractivity contribution < 1.29 is 47.2 Å². The molecule has 12 heteroatoms. The summed E-state index contributed by atoms with van der Waals surface area (Å²) in [7, 11) is 1.38. The van der Waals surface area contributed by atoms with Crippen LogP contribution in [0, 0.1) is 11.7 Å². The van der Waals surface area contributed by atoms with Crippen molar-refractivity contribution in [3.8, 4) is 17.2 Å². The van der Waals surface area contributed by atoms with E-state index < -0.39 is 49.0 Å². The molecular formula is C29H37FN2O9. The fourth-order valence-electron chi connectivity index (χ4n) is 4.22. The predicted molar refractivity (Wildman–Crippen MR) is 144 cm³/mol. The van der Waals surface area contributed by atoms with Crippen LogP contribution in [0.2, 0.25) is 0 Å². The van der Waals surface area contributed by atoms with Crippen molar-refractivity contribution in [2.24, 2.45) is 5.92 Å². The average molecular weight is 577 g/mol. The molecular weight excluding hydrogens is 539 g/mol. The molecule has 1 aliphatic heterocycles. The number of aromatic nitrogens is 1. The number of ether oxygens (including phenoxy) is 6. The molecule has 0 bridgehead atoms. The number of carbonyl (C=O) groups excluding carboxylic acids is 3. The van der Waals surface area contributed by atoms with E-state index in [1.165, 1.54) is 50.6 Å². The number of benzene rings is 1. The summed E-state index contributed by atoms with van der Waals surface area (Å²) in [4.78, 5) is 41.7. The van der Waals surface area contributed by atoms with Gasteiger partial charge in [0.15, 0.2) is 17.2 Å². The van der Waals surface area contributed by atoms with Crippen LogP contribution in [-0.4, -0.2) is 67.7 Å². The van der Waals surface area contributed by atoms with Crippen molar-refractivity contribution in [1.29, 1.82) is 0 Å². The molecule has 2 heterocycles. The van der Waals surface area contributed by atoms with Crippen molar-refractivity contribution in [3.05, 3.63) is 48.0 Å². The number of carbonyl (C=O) groups is 3. The van der Waals surface area contributed by atoms with E-state index in [1.807, 2.05) is 13.8 Å². The molecule has 1 aromatic carbocycles. The molecule has 2 aromatic rings. The molecule has 1 fully saturated rings. The van der Waals surface area contributed by atoms with Crippen LogP contribution in [0.4, 0.5) is 4.39 Å². The van der Waals surface area contributed by atoms with E-state index in [2.05, 4.69) is 10.3 Å². The molecule has 4 unspecified atom stereocenters. The van der Waals surface area contributed by atoms with Crippen molar-refractivity contribution in [3.63, 3.8) is 0 Å². The highest BCUT2D eigenvalue weighted by Gasteiger charge is 2.37. The quantitative estimate of drug-likeness (QED) is 0.311. The second kappa shape index (κ2) is 15.2. The Morgan fingerprint density at radius 1 is 1.17 bits per heavy atom. The Kier molecular flexibility index (Phi) is 11.7. The highest BCUT2D eigenvalue weighted by Crippen LogP contribution is 2.30. The zero-order valence-corrected chi connectivity index (χ0v) is 23.9. The standard InChI is InChI=1S/C29H37FN2O9/c1-17(2)15-37-26-18(3)40-29(35)22(7-6-8-24(26)41-21-11-9-20(30)10-12-21)32-28(34)25-27(39-16-38-19(4)33)23(36-5)13-14-31-25/h9-14,17-18,22,24,26H,6-8,15-16H2,1-5H3,(H,32,34). The number of amides is 1. The van der Waals surface area contributed by atoms with E-state index in [4.69, 9.17) is 28.4 Å². The van der Waals surface area contributed by atoms with Gasteiger partial charge in [-0.1, -0.05) is 13.8 Å². The summed E-state index contributed by atoms with van der Waals surface area (Å²) in [6, 6.07) is 6.15. The predicted octanol–water partition coefficient (Wildman–Crippen LogP) is 3.83. The maximum atomic E-state index is 13.4. The smallest absolute Gasteiger partial charge is 0.329 e. The number of cyclic esters (lactones) is 1. The number of esters is 2. The number of halogens is 1. The molecule has 1 saturated heterocycles. The van der Waals surface area contributed by atoms with Gasteiger partial charge in [-0.3, -0.25) is 9.59 Å². The molecule has 1 amide bonds. The Hall–Kier alpha value is -3.93. The summed E-state index contributed by atoms with van der Waals surface area (Å²) in [5.74, 6) is -1.48. The van der Waals surface area contributed by atoms with Crippen LogP contribution in [-0.2, 0) is 23.8 Å². The third kappa shape index (κ3) is 9.31. The van der Waals surface area contributed by atoms with Gasteiger partial charge in [-0.05, 0) is 56.4 Å². The lowest BCUT2D eigenvalue weighted by Gasteiger charge is -2.32. The van der Waals surface area contributed by atoms with Crippen LogP contribution < -0.4 is 19.5 Å². The lowest BCUT2D eigenvalue weighted by atomic mass is 10.0. The number of nitrogens with one attached hydrogen (secondary N) is 1. The summed E-state index contributed by atoms with van der Waals surface area (Å²) in [5, 5.41) is 2.69. The minimum Gasteiger partial charge on any atom is -0.493 e. The van der Waals surface area contributed by atoms with Gasteiger partial charge in [-0.15, -0.1) is 0 Å². The number of methoxy groups -OCH3 is 1. The SMILES string of the molecule is COc1ccnc(C(=O)NC2CCCC(Oc3ccc(F)cc3)C(OCC(C)C)C(C)OC2=O)c1OCOC(C)=O. The van der Waals surface area contributed by atoms with E-state index >= 15 is 0 Å². The largest absolute Gasteiger partial charge is 0.493 e. The maximum Gasteiger partial charge on any atom is 0.329 e. The van der Waals surface area contributed by atoms with Gasteiger partial charge in [0.25, 0.3) is 5.91 Å². The number of nitrogens with zero attached hydrogens (tertiary/aromatic N) is 1. The minimum atomic E-state index is -1.01. The van der Waals surface area contributed by atoms with Crippen molar-refractivity contribution in [2.45, 2.75) is 71.3 Å². The lowest BCUT2D eigenvalue weighted by molar-refractivity contribution is -0.163. The Balaban J connectivity index is 1.79. The van der Waals surface area contributed by atoms with Crippen LogP contribution in [0.25, 0.3) is 0 Å². The highest BCUT2D eigenvalue weighted by molar-refractivity contribution is 5.98. The molecule has 41 heavy (non-hydrogen) atoms. The van der Waals surface area contributed by atoms with Gasteiger partial charge in [0.1, 0.15) is 35.9 Å². The Morgan fingerprint density at radius 3 is 2.56 bits per heavy atom. The fraction of sp³-hybridized carbons (Fsp3) is 0.517. The number of pyridine rings is 1. The van der Waals surface area contributed by atoms with Crippen LogP contribution >= 0.6 is 0 Å². The molecule has 0 aliphatic carbocycles. The van der Waals surface area contributed by atoms with Crippen LogP contribution in [0.15, 0.2) is 36.5 Å². The zero-order valence-electron chi connectivity index (χ0n) is 23.9. The second-order valence-corrected chi connectivity index (χ2v) is 9.99. The molecule has 1 aliphatic rings. The molecule has 11 nitrogen and oxygen atoms in total. The first kappa shape index (κ1) is 31.6. The topological polar surface area (TPSA) is 132 Å². The minimum absolute atomic E-state index is 0.0477. The molecule has 1 N–H and O–H groups in total. The monoisotopic (exact) mass is 576 g/mol. The molecule has 3 rings (SSSR count). The summed E-state index contributed by atoms with van der Waals surface area (Å²) in [6.45, 7) is 6.88. The lowest BCUT2D eigenvalue weighted by Crippen LogP contribution is -2.46. The van der Waals surface area contributed by atoms with E-state index in [9.17, 15) is 18.8 Å². The molecule has 224 valence electrons. The van der Waals surface area contributed by atoms with Gasteiger partial charge in [0.05, 0.1) is 7.11 Å². The van der Waals surface area contributed by atoms with E-state index in [1.54, 1.807) is 6.92 Å². The summed E-state index contributed by atoms with van der Waals surface area (Å²) in [6.07, 6.45) is 0.708. The first-order valence-corrected chi connectivity index (χ1v) is 13.4. The summed E-state index contributed by atoms with van der Waals surface area (Å²) >= 11 is 0. The zero-order chi connectivity index (χ0) is 29.9. The van der Waals surface area contributed by atoms with Gasteiger partial charge >= 0.3 is 11.9 Å². The van der Waals surface area contributed by atoms with Crippen molar-refractivity contribution >= 4 is 17.8 Å². The molecule has 0 radical (unpaired) electrons. The summed E-state index contributed by atoms with van der Waals surface area (Å²) < 4.78 is 47.1. The van der Waals surface area contributed by atoms with E-state index in [-0.39, 0.29) is 35.3 Å². The first-order chi connectivity index (χ1) is 19.6. The highest BCUT2D eigenvalue weighted by atomic mass is 19.1. The van der Waals surface area contributed by atoms with Crippen molar-refractivity contribution in [2.75, 3.05) is 20.5 Å². The molecule has 4 atom stereocenters. The fourth-order valence-corrected chi connectivity index (χ4v) is 4.22. The second-order valence-electron chi connectivity index (χ2n) is 9.99. The van der Waals surface area contributed by atoms with Crippen molar-refractivity contribution in [1.82, 2.24) is 10.3 Å². The van der Waals surface area contributed by atoms with Gasteiger partial charge in [0.2, 0.25) is 6.79 Å². The van der Waals surface area contributed by atoms with E-state index in [0.717, 1.165) is 0 Å². The van der Waals surface area contributed by atoms with Gasteiger partial charge < -0.3 is 33.7 Å². The number of rotatable bonds is 11. The molecule has 0 saturated carbocycles. The number of hydrogen-bond donors (Lipinski definition) is 1. The molecule has 1 aromatic heterocycles. The van der Waals surface area contributed by atoms with E-state index in [0.29, 0.717) is 25.2 Å². The Morgan fingerprint density at radius 2 is 1.90 bits per heavy atom. The van der Waals surface area contributed by atoms with Crippen LogP contribution in [0.3, 0.4) is 0 Å². The maximum absolute atomic E-state index is 13.4. The van der Waals surface area contributed by atoms with Gasteiger partial charge in [-0.25, -0.2) is 14.2 Å². The first-order valence-electron chi connectivity index (χ1n) is 13.4. The number of hydrogen-bond acceptors (Lipinski definition) is 10. The van der Waals surface area contributed by atoms with Gasteiger partial charge in [-0.2, -0.15) is 0 Å². The van der Waals surface area contributed by atoms with Crippen LogP contribution in [0.1, 0.15) is 57.4 Å². The third-order valence-electron chi connectivity index (χ3n) is 6.19. The third-order valence-corrected chi connectivity index (χ3v) is 6.19. The normalized spacial score (nSPS) is 21.1. The average Bonchev–Trinajstić information content (AvgIpc) is 2.97.